The largest absolute Gasteiger partial charge is 0.252 e. The quantitative estimate of drug-likeness (QED) is 0.462. The maximum atomic E-state index is 4.90. The van der Waals surface area contributed by atoms with Crippen molar-refractivity contribution in [3.63, 3.8) is 0 Å². The van der Waals surface area contributed by atoms with Crippen molar-refractivity contribution in [1.82, 2.24) is 9.97 Å². The molecule has 2 nitrogen and oxygen atoms in total. The monoisotopic (exact) mass is 260 g/mol. The Balaban J connectivity index is 2.09. The Bertz CT molecular complexity index is 836. The van der Waals surface area contributed by atoms with Gasteiger partial charge in [-0.05, 0) is 5.39 Å². The van der Waals surface area contributed by atoms with E-state index in [4.69, 9.17) is 9.97 Å². The average molecular weight is 260 g/mol. The normalized spacial score (nSPS) is 12.8. The minimum absolute atomic E-state index is 0.0186. The van der Waals surface area contributed by atoms with E-state index in [1.165, 1.54) is 21.9 Å². The van der Waals surface area contributed by atoms with Crippen LogP contribution in [0.3, 0.4) is 0 Å². The first-order valence-electron chi connectivity index (χ1n) is 6.96. The topological polar surface area (TPSA) is 25.8 Å². The van der Waals surface area contributed by atoms with Crippen LogP contribution in [0.5, 0.6) is 0 Å². The fourth-order valence-electron chi connectivity index (χ4n) is 2.87. The first-order valence-corrected chi connectivity index (χ1v) is 6.96. The van der Waals surface area contributed by atoms with Gasteiger partial charge in [-0.2, -0.15) is 0 Å². The molecule has 20 heavy (non-hydrogen) atoms. The zero-order valence-corrected chi connectivity index (χ0v) is 11.9. The van der Waals surface area contributed by atoms with Gasteiger partial charge in [0.15, 0.2) is 0 Å². The number of rotatable bonds is 0. The fraction of sp³-hybridized carbons (Fsp3) is 0.222. The van der Waals surface area contributed by atoms with Crippen molar-refractivity contribution < 1.29 is 0 Å². The van der Waals surface area contributed by atoms with Gasteiger partial charge in [-0.3, -0.25) is 4.98 Å². The lowest BCUT2D eigenvalue weighted by Gasteiger charge is -2.18. The van der Waals surface area contributed by atoms with E-state index in [0.29, 0.717) is 0 Å². The molecule has 1 aliphatic rings. The molecule has 98 valence electrons. The van der Waals surface area contributed by atoms with Gasteiger partial charge in [-0.25, -0.2) is 4.98 Å². The SMILES string of the molecule is CC(C)(C)c1cnc2c(n1)-c1cccc3cccc-2c13. The number of nitrogens with zero attached hydrogens (tertiary/aromatic N) is 2. The molecule has 0 atom stereocenters. The Labute approximate surface area is 118 Å². The molecule has 0 fully saturated rings. The predicted octanol–water partition coefficient (Wildman–Crippen LogP) is 4.57. The van der Waals surface area contributed by atoms with Crippen molar-refractivity contribution >= 4 is 10.8 Å². The third-order valence-corrected chi connectivity index (χ3v) is 3.96. The van der Waals surface area contributed by atoms with Crippen molar-refractivity contribution in [3.05, 3.63) is 48.3 Å². The third kappa shape index (κ3) is 1.45. The van der Waals surface area contributed by atoms with Crippen LogP contribution in [0.1, 0.15) is 26.5 Å². The molecule has 2 heteroatoms. The van der Waals surface area contributed by atoms with E-state index >= 15 is 0 Å². The highest BCUT2D eigenvalue weighted by Crippen LogP contribution is 2.45. The van der Waals surface area contributed by atoms with Gasteiger partial charge in [0, 0.05) is 28.1 Å². The molecule has 0 saturated heterocycles. The lowest BCUT2D eigenvalue weighted by molar-refractivity contribution is 0.567. The molecule has 0 aliphatic heterocycles. The van der Waals surface area contributed by atoms with E-state index < -0.39 is 0 Å². The highest BCUT2D eigenvalue weighted by Gasteiger charge is 2.26. The van der Waals surface area contributed by atoms with Gasteiger partial charge in [-0.15, -0.1) is 0 Å². The summed E-state index contributed by atoms with van der Waals surface area (Å²) in [5.41, 5.74) is 5.54. The second-order valence-corrected chi connectivity index (χ2v) is 6.41. The number of hydrogen-bond acceptors (Lipinski definition) is 2. The second-order valence-electron chi connectivity index (χ2n) is 6.41. The first kappa shape index (κ1) is 11.6. The molecule has 0 amide bonds. The van der Waals surface area contributed by atoms with Crippen LogP contribution < -0.4 is 0 Å². The van der Waals surface area contributed by atoms with Crippen molar-refractivity contribution in [3.8, 4) is 22.5 Å². The number of hydrogen-bond donors (Lipinski definition) is 0. The minimum atomic E-state index is 0.0186. The highest BCUT2D eigenvalue weighted by molar-refractivity contribution is 6.13. The molecule has 0 radical (unpaired) electrons. The van der Waals surface area contributed by atoms with Gasteiger partial charge in [0.1, 0.15) is 0 Å². The molecule has 4 rings (SSSR count). The van der Waals surface area contributed by atoms with Crippen LogP contribution in [0.25, 0.3) is 33.3 Å². The summed E-state index contributed by atoms with van der Waals surface area (Å²) in [6.45, 7) is 6.52. The standard InChI is InChI=1S/C18H16N2/c1-18(2,3)14-10-19-16-12-8-4-6-11-7-5-9-13(15(11)12)17(16)20-14/h4-10H,1-3H3. The molecule has 0 spiro atoms. The molecule has 3 aromatic rings. The summed E-state index contributed by atoms with van der Waals surface area (Å²) in [4.78, 5) is 9.60. The summed E-state index contributed by atoms with van der Waals surface area (Å²) in [6.07, 6.45) is 1.92. The van der Waals surface area contributed by atoms with E-state index in [1.807, 2.05) is 6.20 Å². The third-order valence-electron chi connectivity index (χ3n) is 3.96. The molecule has 0 bridgehead atoms. The molecule has 2 aromatic carbocycles. The van der Waals surface area contributed by atoms with Gasteiger partial charge in [-0.1, -0.05) is 57.2 Å². The maximum Gasteiger partial charge on any atom is 0.0975 e. The summed E-state index contributed by atoms with van der Waals surface area (Å²) >= 11 is 0. The summed E-state index contributed by atoms with van der Waals surface area (Å²) in [6, 6.07) is 12.8. The minimum Gasteiger partial charge on any atom is -0.252 e. The fourth-order valence-corrected chi connectivity index (χ4v) is 2.87. The van der Waals surface area contributed by atoms with E-state index in [2.05, 4.69) is 57.2 Å². The van der Waals surface area contributed by atoms with Crippen molar-refractivity contribution in [2.24, 2.45) is 0 Å². The molecule has 0 unspecified atom stereocenters. The van der Waals surface area contributed by atoms with Gasteiger partial charge in [0.25, 0.3) is 0 Å². The van der Waals surface area contributed by atoms with E-state index in [9.17, 15) is 0 Å². The van der Waals surface area contributed by atoms with Crippen LogP contribution in [0.15, 0.2) is 42.6 Å². The number of benzene rings is 2. The summed E-state index contributed by atoms with van der Waals surface area (Å²) in [5, 5.41) is 2.55. The maximum absolute atomic E-state index is 4.90. The van der Waals surface area contributed by atoms with Gasteiger partial charge >= 0.3 is 0 Å². The van der Waals surface area contributed by atoms with E-state index in [0.717, 1.165) is 17.1 Å². The molecule has 0 N–H and O–H groups in total. The van der Waals surface area contributed by atoms with Crippen LogP contribution in [-0.4, -0.2) is 9.97 Å². The molecular weight excluding hydrogens is 244 g/mol. The first-order chi connectivity index (χ1) is 9.55. The van der Waals surface area contributed by atoms with Crippen LogP contribution in [0.4, 0.5) is 0 Å². The Morgan fingerprint density at radius 2 is 1.50 bits per heavy atom. The van der Waals surface area contributed by atoms with Crippen molar-refractivity contribution in [1.29, 1.82) is 0 Å². The average Bonchev–Trinajstić information content (AvgIpc) is 2.75. The Hall–Kier alpha value is -2.22. The second kappa shape index (κ2) is 3.66. The zero-order valence-electron chi connectivity index (χ0n) is 11.9. The summed E-state index contributed by atoms with van der Waals surface area (Å²) in [7, 11) is 0. The zero-order chi connectivity index (χ0) is 13.9. The van der Waals surface area contributed by atoms with E-state index in [-0.39, 0.29) is 5.41 Å². The Morgan fingerprint density at radius 1 is 0.850 bits per heavy atom. The Kier molecular flexibility index (Phi) is 2.12. The lowest BCUT2D eigenvalue weighted by Crippen LogP contribution is -2.14. The smallest absolute Gasteiger partial charge is 0.0975 e. The van der Waals surface area contributed by atoms with Crippen LogP contribution in [0.2, 0.25) is 0 Å². The van der Waals surface area contributed by atoms with Gasteiger partial charge < -0.3 is 0 Å². The highest BCUT2D eigenvalue weighted by atomic mass is 14.8. The Morgan fingerprint density at radius 3 is 2.15 bits per heavy atom. The molecular formula is C18H16N2. The van der Waals surface area contributed by atoms with Crippen molar-refractivity contribution in [2.45, 2.75) is 26.2 Å². The van der Waals surface area contributed by atoms with Crippen LogP contribution >= 0.6 is 0 Å². The van der Waals surface area contributed by atoms with E-state index in [1.54, 1.807) is 0 Å². The molecule has 1 aromatic heterocycles. The summed E-state index contributed by atoms with van der Waals surface area (Å²) < 4.78 is 0. The molecule has 0 saturated carbocycles. The van der Waals surface area contributed by atoms with Gasteiger partial charge in [0.05, 0.1) is 17.1 Å². The number of fused-ring (bicyclic) bond motifs is 3. The van der Waals surface area contributed by atoms with Gasteiger partial charge in [0.2, 0.25) is 0 Å². The molecule has 1 heterocycles. The van der Waals surface area contributed by atoms with Crippen LogP contribution in [0, 0.1) is 0 Å². The van der Waals surface area contributed by atoms with Crippen molar-refractivity contribution in [2.75, 3.05) is 0 Å². The summed E-state index contributed by atoms with van der Waals surface area (Å²) in [5.74, 6) is 0. The predicted molar refractivity (Wildman–Crippen MR) is 82.7 cm³/mol. The lowest BCUT2D eigenvalue weighted by atomic mass is 9.92. The van der Waals surface area contributed by atoms with Crippen LogP contribution in [-0.2, 0) is 5.41 Å². The number of aromatic nitrogens is 2. The molecule has 1 aliphatic carbocycles.